The number of carbonyl (C=O) groups is 2. The van der Waals surface area contributed by atoms with Crippen LogP contribution in [0.15, 0.2) is 30.3 Å². The summed E-state index contributed by atoms with van der Waals surface area (Å²) < 4.78 is 5.32. The second-order valence-electron chi connectivity index (χ2n) is 4.58. The van der Waals surface area contributed by atoms with Crippen LogP contribution in [0.5, 0.6) is 0 Å². The van der Waals surface area contributed by atoms with Crippen molar-refractivity contribution in [2.75, 3.05) is 14.2 Å². The number of benzene rings is 1. The summed E-state index contributed by atoms with van der Waals surface area (Å²) in [6, 6.07) is 8.84. The van der Waals surface area contributed by atoms with E-state index in [0.29, 0.717) is 18.4 Å². The number of hydrogen-bond donors (Lipinski definition) is 0. The van der Waals surface area contributed by atoms with Gasteiger partial charge in [0.1, 0.15) is 6.10 Å². The normalized spacial score (nSPS) is 21.4. The van der Waals surface area contributed by atoms with Crippen LogP contribution in [0, 0.1) is 5.92 Å². The number of rotatable bonds is 4. The van der Waals surface area contributed by atoms with Crippen molar-refractivity contribution >= 4 is 11.9 Å². The topological polar surface area (TPSA) is 55.8 Å². The highest BCUT2D eigenvalue weighted by molar-refractivity contribution is 5.89. The van der Waals surface area contributed by atoms with Gasteiger partial charge in [0.15, 0.2) is 0 Å². The lowest BCUT2D eigenvalue weighted by Crippen LogP contribution is -2.43. The molecule has 102 valence electrons. The van der Waals surface area contributed by atoms with Gasteiger partial charge in [-0.1, -0.05) is 18.2 Å². The second-order valence-corrected chi connectivity index (χ2v) is 4.58. The molecule has 0 unspecified atom stereocenters. The predicted octanol–water partition coefficient (Wildman–Crippen LogP) is 1.64. The van der Waals surface area contributed by atoms with E-state index in [2.05, 4.69) is 0 Å². The lowest BCUT2D eigenvalue weighted by atomic mass is 9.81. The molecule has 0 spiro atoms. The lowest BCUT2D eigenvalue weighted by Gasteiger charge is -2.35. The van der Waals surface area contributed by atoms with Crippen LogP contribution in [-0.2, 0) is 14.4 Å². The number of hydroxylamine groups is 2. The van der Waals surface area contributed by atoms with Gasteiger partial charge in [0.25, 0.3) is 0 Å². The molecule has 19 heavy (non-hydrogen) atoms. The summed E-state index contributed by atoms with van der Waals surface area (Å²) in [6.45, 7) is 0. The van der Waals surface area contributed by atoms with Crippen molar-refractivity contribution in [3.8, 4) is 0 Å². The summed E-state index contributed by atoms with van der Waals surface area (Å²) in [6.07, 6.45) is 0.947. The molecule has 5 heteroatoms. The zero-order valence-electron chi connectivity index (χ0n) is 11.0. The predicted molar refractivity (Wildman–Crippen MR) is 68.1 cm³/mol. The average molecular weight is 263 g/mol. The Balaban J connectivity index is 1.79. The lowest BCUT2D eigenvalue weighted by molar-refractivity contribution is -0.179. The van der Waals surface area contributed by atoms with E-state index in [4.69, 9.17) is 9.57 Å². The average Bonchev–Trinajstić information content (AvgIpc) is 2.41. The molecule has 0 aliphatic heterocycles. The fourth-order valence-electron chi connectivity index (χ4n) is 2.00. The number of ether oxygens (including phenoxy) is 1. The molecule has 0 aromatic heterocycles. The first-order valence-corrected chi connectivity index (χ1v) is 6.19. The molecule has 1 aliphatic rings. The van der Waals surface area contributed by atoms with Gasteiger partial charge in [-0.3, -0.25) is 9.63 Å². The fourth-order valence-corrected chi connectivity index (χ4v) is 2.00. The van der Waals surface area contributed by atoms with Crippen molar-refractivity contribution in [3.05, 3.63) is 35.9 Å². The van der Waals surface area contributed by atoms with E-state index in [1.54, 1.807) is 31.3 Å². The molecule has 1 aromatic carbocycles. The summed E-state index contributed by atoms with van der Waals surface area (Å²) in [7, 11) is 3.02. The van der Waals surface area contributed by atoms with Gasteiger partial charge >= 0.3 is 5.97 Å². The van der Waals surface area contributed by atoms with E-state index in [-0.39, 0.29) is 23.9 Å². The van der Waals surface area contributed by atoms with Crippen molar-refractivity contribution in [1.82, 2.24) is 5.06 Å². The summed E-state index contributed by atoms with van der Waals surface area (Å²) in [5, 5.41) is 1.21. The number of hydrogen-bond acceptors (Lipinski definition) is 4. The Morgan fingerprint density at radius 1 is 1.21 bits per heavy atom. The largest absolute Gasteiger partial charge is 0.459 e. The molecule has 2 rings (SSSR count). The van der Waals surface area contributed by atoms with Crippen LogP contribution < -0.4 is 0 Å². The zero-order chi connectivity index (χ0) is 13.8. The van der Waals surface area contributed by atoms with E-state index in [1.807, 2.05) is 6.07 Å². The summed E-state index contributed by atoms with van der Waals surface area (Å²) in [4.78, 5) is 28.3. The molecule has 0 heterocycles. The van der Waals surface area contributed by atoms with Crippen LogP contribution in [-0.4, -0.2) is 37.2 Å². The van der Waals surface area contributed by atoms with E-state index in [1.165, 1.54) is 12.2 Å². The maximum Gasteiger partial charge on any atom is 0.338 e. The maximum atomic E-state index is 11.8. The third kappa shape index (κ3) is 3.12. The molecule has 1 saturated carbocycles. The minimum Gasteiger partial charge on any atom is -0.459 e. The number of carbonyl (C=O) groups excluding carboxylic acids is 2. The molecule has 1 aromatic rings. The van der Waals surface area contributed by atoms with E-state index in [9.17, 15) is 9.59 Å². The van der Waals surface area contributed by atoms with Crippen molar-refractivity contribution in [2.24, 2.45) is 5.92 Å². The maximum absolute atomic E-state index is 11.8. The number of amides is 1. The smallest absolute Gasteiger partial charge is 0.338 e. The van der Waals surface area contributed by atoms with E-state index in [0.717, 1.165) is 0 Å². The Labute approximate surface area is 112 Å². The highest BCUT2D eigenvalue weighted by Crippen LogP contribution is 2.32. The SMILES string of the molecule is CON(C)C(=O)C1CC(OC(=O)c2ccccc2)C1. The number of esters is 1. The van der Waals surface area contributed by atoms with Crippen LogP contribution in [0.4, 0.5) is 0 Å². The highest BCUT2D eigenvalue weighted by Gasteiger charge is 2.38. The molecule has 1 amide bonds. The zero-order valence-corrected chi connectivity index (χ0v) is 11.0. The molecule has 0 saturated heterocycles. The van der Waals surface area contributed by atoms with Crippen molar-refractivity contribution < 1.29 is 19.2 Å². The van der Waals surface area contributed by atoms with Crippen LogP contribution in [0.25, 0.3) is 0 Å². The molecular formula is C14H17NO4. The second kappa shape index (κ2) is 5.84. The van der Waals surface area contributed by atoms with Gasteiger partial charge < -0.3 is 4.74 Å². The van der Waals surface area contributed by atoms with Crippen LogP contribution in [0.3, 0.4) is 0 Å². The van der Waals surface area contributed by atoms with Crippen LogP contribution in [0.1, 0.15) is 23.2 Å². The minimum absolute atomic E-state index is 0.0745. The van der Waals surface area contributed by atoms with Gasteiger partial charge in [0, 0.05) is 13.0 Å². The monoisotopic (exact) mass is 263 g/mol. The molecule has 0 N–H and O–H groups in total. The minimum atomic E-state index is -0.336. The van der Waals surface area contributed by atoms with Crippen molar-refractivity contribution in [3.63, 3.8) is 0 Å². The van der Waals surface area contributed by atoms with Gasteiger partial charge in [-0.15, -0.1) is 0 Å². The fraction of sp³-hybridized carbons (Fsp3) is 0.429. The van der Waals surface area contributed by atoms with Crippen LogP contribution in [0.2, 0.25) is 0 Å². The van der Waals surface area contributed by atoms with Crippen molar-refractivity contribution in [2.45, 2.75) is 18.9 Å². The van der Waals surface area contributed by atoms with Gasteiger partial charge in [0.05, 0.1) is 12.7 Å². The molecule has 0 atom stereocenters. The molecule has 0 radical (unpaired) electrons. The van der Waals surface area contributed by atoms with Gasteiger partial charge in [-0.25, -0.2) is 9.86 Å². The Hall–Kier alpha value is -1.88. The molecule has 5 nitrogen and oxygen atoms in total. The third-order valence-electron chi connectivity index (χ3n) is 3.31. The molecule has 1 fully saturated rings. The molecular weight excluding hydrogens is 246 g/mol. The Morgan fingerprint density at radius 3 is 2.42 bits per heavy atom. The van der Waals surface area contributed by atoms with Gasteiger partial charge in [0.2, 0.25) is 5.91 Å². The first-order chi connectivity index (χ1) is 9.11. The summed E-state index contributed by atoms with van der Waals surface area (Å²) >= 11 is 0. The third-order valence-corrected chi connectivity index (χ3v) is 3.31. The van der Waals surface area contributed by atoms with Crippen molar-refractivity contribution in [1.29, 1.82) is 0 Å². The first-order valence-electron chi connectivity index (χ1n) is 6.19. The molecule has 1 aliphatic carbocycles. The summed E-state index contributed by atoms with van der Waals surface area (Å²) in [5.41, 5.74) is 0.534. The highest BCUT2D eigenvalue weighted by atomic mass is 16.7. The van der Waals surface area contributed by atoms with Gasteiger partial charge in [-0.05, 0) is 25.0 Å². The standard InChI is InChI=1S/C14H17NO4/c1-15(18-2)13(16)11-8-12(9-11)19-14(17)10-6-4-3-5-7-10/h3-7,11-12H,8-9H2,1-2H3. The van der Waals surface area contributed by atoms with Gasteiger partial charge in [-0.2, -0.15) is 0 Å². The van der Waals surface area contributed by atoms with E-state index < -0.39 is 0 Å². The Morgan fingerprint density at radius 2 is 1.84 bits per heavy atom. The Bertz CT molecular complexity index is 454. The quantitative estimate of drug-likeness (QED) is 0.612. The van der Waals surface area contributed by atoms with E-state index >= 15 is 0 Å². The number of nitrogens with zero attached hydrogens (tertiary/aromatic N) is 1. The molecule has 0 bridgehead atoms. The summed E-state index contributed by atoms with van der Waals surface area (Å²) in [5.74, 6) is -0.523. The first kappa shape index (κ1) is 13.5. The Kier molecular flexibility index (Phi) is 4.16. The van der Waals surface area contributed by atoms with Crippen LogP contribution >= 0.6 is 0 Å².